The van der Waals surface area contributed by atoms with Crippen molar-refractivity contribution < 1.29 is 59.5 Å². The number of ether oxygens (including phenoxy) is 4. The predicted octanol–water partition coefficient (Wildman–Crippen LogP) is -4.83. The van der Waals surface area contributed by atoms with E-state index in [1.807, 2.05) is 0 Å². The molecule has 152 valence electrons. The van der Waals surface area contributed by atoms with Crippen molar-refractivity contribution in [3.8, 4) is 0 Å². The first kappa shape index (κ1) is 21.4. The Hall–Kier alpha value is -0.930. The number of aliphatic hydroxyl groups excluding tert-OH is 7. The number of esters is 1. The molecule has 2 aliphatic rings. The maximum Gasteiger partial charge on any atom is 0.302 e. The second-order valence-electron chi connectivity index (χ2n) is 6.15. The maximum atomic E-state index is 10.9. The van der Waals surface area contributed by atoms with Gasteiger partial charge >= 0.3 is 5.97 Å². The third-order valence-corrected chi connectivity index (χ3v) is 4.25. The van der Waals surface area contributed by atoms with E-state index < -0.39 is 80.6 Å². The van der Waals surface area contributed by atoms with Crippen LogP contribution in [0.2, 0.25) is 0 Å². The molecule has 2 heterocycles. The molecular formula is C14H24O12. The molecule has 2 rings (SSSR count). The third-order valence-electron chi connectivity index (χ3n) is 4.25. The van der Waals surface area contributed by atoms with Gasteiger partial charge in [-0.25, -0.2) is 0 Å². The summed E-state index contributed by atoms with van der Waals surface area (Å²) in [6.45, 7) is -0.00136. The summed E-state index contributed by atoms with van der Waals surface area (Å²) in [6.07, 6.45) is -15.9. The van der Waals surface area contributed by atoms with Gasteiger partial charge in [0.05, 0.1) is 6.61 Å². The maximum absolute atomic E-state index is 10.9. The lowest BCUT2D eigenvalue weighted by Crippen LogP contribution is -2.64. The van der Waals surface area contributed by atoms with Crippen LogP contribution in [0.25, 0.3) is 0 Å². The molecule has 0 spiro atoms. The van der Waals surface area contributed by atoms with Gasteiger partial charge in [0.2, 0.25) is 0 Å². The van der Waals surface area contributed by atoms with Gasteiger partial charge in [-0.1, -0.05) is 0 Å². The molecule has 2 fully saturated rings. The summed E-state index contributed by atoms with van der Waals surface area (Å²) in [5.74, 6) is -0.659. The van der Waals surface area contributed by atoms with E-state index in [0.29, 0.717) is 0 Å². The molecule has 12 heteroatoms. The minimum Gasteiger partial charge on any atom is -0.463 e. The minimum absolute atomic E-state index is 0.436. The number of carbonyl (C=O) groups excluding carboxylic acids is 1. The molecule has 0 bridgehead atoms. The topological polar surface area (TPSA) is 196 Å². The minimum atomic E-state index is -1.80. The quantitative estimate of drug-likeness (QED) is 0.224. The van der Waals surface area contributed by atoms with Crippen molar-refractivity contribution in [3.63, 3.8) is 0 Å². The fraction of sp³-hybridized carbons (Fsp3) is 0.929. The van der Waals surface area contributed by atoms with Crippen LogP contribution >= 0.6 is 0 Å². The molecule has 7 N–H and O–H groups in total. The molecule has 10 atom stereocenters. The Morgan fingerprint density at radius 2 is 1.54 bits per heavy atom. The summed E-state index contributed by atoms with van der Waals surface area (Å²) >= 11 is 0. The highest BCUT2D eigenvalue weighted by molar-refractivity contribution is 5.65. The molecule has 0 aromatic heterocycles. The van der Waals surface area contributed by atoms with Crippen molar-refractivity contribution in [1.29, 1.82) is 0 Å². The van der Waals surface area contributed by atoms with E-state index in [4.69, 9.17) is 24.1 Å². The zero-order valence-corrected chi connectivity index (χ0v) is 13.9. The average molecular weight is 384 g/mol. The highest BCUT2D eigenvalue weighted by atomic mass is 16.7. The molecule has 0 saturated carbocycles. The second kappa shape index (κ2) is 8.84. The molecule has 26 heavy (non-hydrogen) atoms. The number of hydrogen-bond donors (Lipinski definition) is 7. The van der Waals surface area contributed by atoms with E-state index in [9.17, 15) is 35.4 Å². The number of carbonyl (C=O) groups is 1. The van der Waals surface area contributed by atoms with Crippen LogP contribution in [0.4, 0.5) is 0 Å². The second-order valence-corrected chi connectivity index (χ2v) is 6.15. The molecule has 0 aromatic rings. The molecule has 0 unspecified atom stereocenters. The Morgan fingerprint density at radius 1 is 0.885 bits per heavy atom. The number of hydrogen-bond acceptors (Lipinski definition) is 12. The highest BCUT2D eigenvalue weighted by Gasteiger charge is 2.50. The summed E-state index contributed by atoms with van der Waals surface area (Å²) in [5.41, 5.74) is 0. The van der Waals surface area contributed by atoms with E-state index >= 15 is 0 Å². The van der Waals surface area contributed by atoms with Gasteiger partial charge < -0.3 is 54.7 Å². The van der Waals surface area contributed by atoms with Crippen LogP contribution in [-0.2, 0) is 23.7 Å². The zero-order chi connectivity index (χ0) is 19.6. The molecule has 0 aliphatic carbocycles. The first-order chi connectivity index (χ1) is 12.2. The molecule has 0 radical (unpaired) electrons. The standard InChI is InChI=1S/C14H24O12/c1-4(16)23-3-6-8(18)12(11(21)13(22)24-6)26-14-10(20)9(19)7(17)5(2-15)25-14/h5-15,17-22H,2-3H2,1H3/t5-,6-,7+,8-,9+,10-,11+,12+,13+,14+/m1/s1. The van der Waals surface area contributed by atoms with Crippen LogP contribution in [0, 0.1) is 0 Å². The Kier molecular flexibility index (Phi) is 7.27. The summed E-state index contributed by atoms with van der Waals surface area (Å²) in [6, 6.07) is 0. The van der Waals surface area contributed by atoms with Crippen LogP contribution in [0.3, 0.4) is 0 Å². The van der Waals surface area contributed by atoms with E-state index in [1.165, 1.54) is 0 Å². The Labute approximate surface area is 148 Å². The first-order valence-electron chi connectivity index (χ1n) is 7.96. The monoisotopic (exact) mass is 384 g/mol. The Balaban J connectivity index is 2.10. The summed E-state index contributed by atoms with van der Waals surface area (Å²) in [7, 11) is 0. The third kappa shape index (κ3) is 4.48. The van der Waals surface area contributed by atoms with Gasteiger partial charge in [-0.2, -0.15) is 0 Å². The van der Waals surface area contributed by atoms with Crippen molar-refractivity contribution in [3.05, 3.63) is 0 Å². The summed E-state index contributed by atoms with van der Waals surface area (Å²) < 4.78 is 20.1. The van der Waals surface area contributed by atoms with E-state index in [0.717, 1.165) is 6.92 Å². The van der Waals surface area contributed by atoms with E-state index in [1.54, 1.807) is 0 Å². The summed E-state index contributed by atoms with van der Waals surface area (Å²) in [4.78, 5) is 10.9. The fourth-order valence-electron chi connectivity index (χ4n) is 2.75. The normalized spacial score (nSPS) is 46.8. The average Bonchev–Trinajstić information content (AvgIpc) is 2.60. The van der Waals surface area contributed by atoms with Crippen molar-refractivity contribution in [2.75, 3.05) is 13.2 Å². The van der Waals surface area contributed by atoms with Crippen molar-refractivity contribution in [1.82, 2.24) is 0 Å². The van der Waals surface area contributed by atoms with Crippen LogP contribution in [0.5, 0.6) is 0 Å². The SMILES string of the molecule is CC(=O)OC[C@H]1O[C@H](O)[C@@H](O)[C@@H](O[C@@H]2O[C@H](CO)[C@H](O)[C@H](O)[C@H]2O)[C@@H]1O. The van der Waals surface area contributed by atoms with Crippen LogP contribution < -0.4 is 0 Å². The Morgan fingerprint density at radius 3 is 2.12 bits per heavy atom. The van der Waals surface area contributed by atoms with Gasteiger partial charge in [-0.05, 0) is 0 Å². The van der Waals surface area contributed by atoms with Gasteiger partial charge in [0.1, 0.15) is 55.4 Å². The molecule has 0 aromatic carbocycles. The largest absolute Gasteiger partial charge is 0.463 e. The lowest BCUT2D eigenvalue weighted by atomic mass is 9.97. The highest BCUT2D eigenvalue weighted by Crippen LogP contribution is 2.28. The van der Waals surface area contributed by atoms with Crippen LogP contribution in [0.15, 0.2) is 0 Å². The van der Waals surface area contributed by atoms with Crippen molar-refractivity contribution >= 4 is 5.97 Å². The Bertz CT molecular complexity index is 473. The lowest BCUT2D eigenvalue weighted by Gasteiger charge is -2.45. The van der Waals surface area contributed by atoms with Crippen LogP contribution in [0.1, 0.15) is 6.92 Å². The predicted molar refractivity (Wildman–Crippen MR) is 78.2 cm³/mol. The van der Waals surface area contributed by atoms with Gasteiger partial charge in [0.15, 0.2) is 12.6 Å². The molecule has 2 aliphatic heterocycles. The zero-order valence-electron chi connectivity index (χ0n) is 13.9. The van der Waals surface area contributed by atoms with Gasteiger partial charge in [-0.15, -0.1) is 0 Å². The number of aliphatic hydroxyl groups is 7. The molecular weight excluding hydrogens is 360 g/mol. The number of rotatable bonds is 5. The van der Waals surface area contributed by atoms with Crippen molar-refractivity contribution in [2.45, 2.75) is 68.3 Å². The molecule has 12 nitrogen and oxygen atoms in total. The smallest absolute Gasteiger partial charge is 0.302 e. The summed E-state index contributed by atoms with van der Waals surface area (Å²) in [5, 5.41) is 68.6. The first-order valence-corrected chi connectivity index (χ1v) is 7.96. The van der Waals surface area contributed by atoms with E-state index in [2.05, 4.69) is 0 Å². The van der Waals surface area contributed by atoms with Gasteiger partial charge in [0.25, 0.3) is 0 Å². The molecule has 2 saturated heterocycles. The van der Waals surface area contributed by atoms with Crippen molar-refractivity contribution in [2.24, 2.45) is 0 Å². The van der Waals surface area contributed by atoms with E-state index in [-0.39, 0.29) is 0 Å². The van der Waals surface area contributed by atoms with Crippen LogP contribution in [-0.4, -0.2) is 116 Å². The fourth-order valence-corrected chi connectivity index (χ4v) is 2.75. The lowest BCUT2D eigenvalue weighted by molar-refractivity contribution is -0.355. The van der Waals surface area contributed by atoms with Gasteiger partial charge in [0, 0.05) is 6.92 Å². The van der Waals surface area contributed by atoms with Gasteiger partial charge in [-0.3, -0.25) is 4.79 Å². The molecule has 0 amide bonds.